The number of carbonyl (C=O) groups excluding carboxylic acids is 3. The van der Waals surface area contributed by atoms with Crippen LogP contribution in [0, 0.1) is 0 Å². The number of nitrogens with one attached hydrogen (secondary N) is 3. The van der Waals surface area contributed by atoms with Crippen LogP contribution in [0.3, 0.4) is 0 Å². The molecule has 2 rings (SSSR count). The van der Waals surface area contributed by atoms with E-state index in [0.29, 0.717) is 21.8 Å². The van der Waals surface area contributed by atoms with Crippen LogP contribution < -0.4 is 16.0 Å². The molecule has 0 aromatic heterocycles. The molecule has 0 aliphatic rings. The maximum atomic E-state index is 12.5. The van der Waals surface area contributed by atoms with Gasteiger partial charge in [0.25, 0.3) is 5.91 Å². The second-order valence-electron chi connectivity index (χ2n) is 7.22. The van der Waals surface area contributed by atoms with Gasteiger partial charge in [-0.2, -0.15) is 0 Å². The van der Waals surface area contributed by atoms with Crippen molar-refractivity contribution in [2.75, 3.05) is 11.9 Å². The van der Waals surface area contributed by atoms with Gasteiger partial charge in [0.15, 0.2) is 0 Å². The van der Waals surface area contributed by atoms with Gasteiger partial charge in [-0.15, -0.1) is 0 Å². The maximum Gasteiger partial charge on any atom is 0.408 e. The van der Waals surface area contributed by atoms with Crippen molar-refractivity contribution in [1.29, 1.82) is 0 Å². The fourth-order valence-electron chi connectivity index (χ4n) is 2.35. The standard InChI is InChI=1S/C21H24ClN3O4/c1-21(2,3)29-20(28)24-13-18(26)23-12-14-8-4-7-11-17(14)25-19(27)15-9-5-6-10-16(15)22/h4-11H,12-13H2,1-3H3,(H,23,26)(H,24,28)(H,25,27). The monoisotopic (exact) mass is 417 g/mol. The lowest BCUT2D eigenvalue weighted by Crippen LogP contribution is -2.39. The van der Waals surface area contributed by atoms with E-state index in [4.69, 9.17) is 16.3 Å². The van der Waals surface area contributed by atoms with Gasteiger partial charge >= 0.3 is 6.09 Å². The third-order valence-electron chi connectivity index (χ3n) is 3.65. The number of rotatable bonds is 6. The number of carbonyl (C=O) groups is 3. The highest BCUT2D eigenvalue weighted by molar-refractivity contribution is 6.34. The first-order chi connectivity index (χ1) is 13.7. The summed E-state index contributed by atoms with van der Waals surface area (Å²) in [7, 11) is 0. The minimum atomic E-state index is -0.667. The van der Waals surface area contributed by atoms with Crippen LogP contribution in [0.25, 0.3) is 0 Å². The maximum absolute atomic E-state index is 12.5. The number of halogens is 1. The van der Waals surface area contributed by atoms with Gasteiger partial charge < -0.3 is 20.7 Å². The molecule has 0 aliphatic heterocycles. The molecular weight excluding hydrogens is 394 g/mol. The molecular formula is C21H24ClN3O4. The van der Waals surface area contributed by atoms with Gasteiger partial charge in [0.2, 0.25) is 5.91 Å². The predicted molar refractivity (Wildman–Crippen MR) is 112 cm³/mol. The predicted octanol–water partition coefficient (Wildman–Crippen LogP) is 3.73. The minimum absolute atomic E-state index is 0.174. The fraction of sp³-hybridized carbons (Fsp3) is 0.286. The summed E-state index contributed by atoms with van der Waals surface area (Å²) >= 11 is 6.07. The summed E-state index contributed by atoms with van der Waals surface area (Å²) in [5.74, 6) is -0.732. The van der Waals surface area contributed by atoms with E-state index in [2.05, 4.69) is 16.0 Å². The van der Waals surface area contributed by atoms with Gasteiger partial charge in [-0.05, 0) is 44.5 Å². The number of amides is 3. The summed E-state index contributed by atoms with van der Waals surface area (Å²) in [5, 5.41) is 8.24. The van der Waals surface area contributed by atoms with Crippen molar-refractivity contribution >= 4 is 35.2 Å². The molecule has 0 radical (unpaired) electrons. The first kappa shape index (κ1) is 22.2. The molecule has 0 fully saturated rings. The van der Waals surface area contributed by atoms with Gasteiger partial charge in [-0.25, -0.2) is 4.79 Å². The summed E-state index contributed by atoms with van der Waals surface area (Å²) < 4.78 is 5.08. The lowest BCUT2D eigenvalue weighted by molar-refractivity contribution is -0.120. The van der Waals surface area contributed by atoms with Crippen LogP contribution in [0.1, 0.15) is 36.7 Å². The van der Waals surface area contributed by atoms with E-state index in [1.165, 1.54) is 0 Å². The Balaban J connectivity index is 1.92. The number of para-hydroxylation sites is 1. The largest absolute Gasteiger partial charge is 0.444 e. The Morgan fingerprint density at radius 2 is 1.62 bits per heavy atom. The summed E-state index contributed by atoms with van der Waals surface area (Å²) in [5.41, 5.74) is 0.977. The first-order valence-corrected chi connectivity index (χ1v) is 9.41. The molecule has 0 bridgehead atoms. The Morgan fingerprint density at radius 3 is 2.31 bits per heavy atom. The molecule has 8 heteroatoms. The highest BCUT2D eigenvalue weighted by Gasteiger charge is 2.17. The van der Waals surface area contributed by atoms with Gasteiger partial charge in [0, 0.05) is 12.2 Å². The normalized spacial score (nSPS) is 10.8. The topological polar surface area (TPSA) is 96.5 Å². The summed E-state index contributed by atoms with van der Waals surface area (Å²) in [6, 6.07) is 13.8. The van der Waals surface area contributed by atoms with Crippen LogP contribution >= 0.6 is 11.6 Å². The zero-order valence-corrected chi connectivity index (χ0v) is 17.3. The Kier molecular flexibility index (Phi) is 7.61. The van der Waals surface area contributed by atoms with Gasteiger partial charge in [0.05, 0.1) is 10.6 Å². The van der Waals surface area contributed by atoms with E-state index in [1.54, 1.807) is 69.3 Å². The summed E-state index contributed by atoms with van der Waals surface area (Å²) in [4.78, 5) is 36.1. The van der Waals surface area contributed by atoms with Gasteiger partial charge in [-0.1, -0.05) is 41.9 Å². The summed E-state index contributed by atoms with van der Waals surface area (Å²) in [6.45, 7) is 5.17. The zero-order chi connectivity index (χ0) is 21.4. The van der Waals surface area contributed by atoms with Crippen molar-refractivity contribution in [1.82, 2.24) is 10.6 Å². The van der Waals surface area contributed by atoms with E-state index >= 15 is 0 Å². The number of alkyl carbamates (subject to hydrolysis) is 1. The van der Waals surface area contributed by atoms with E-state index in [1.807, 2.05) is 0 Å². The molecule has 2 aromatic carbocycles. The number of hydrogen-bond donors (Lipinski definition) is 3. The molecule has 29 heavy (non-hydrogen) atoms. The van der Waals surface area contributed by atoms with E-state index in [0.717, 1.165) is 0 Å². The molecule has 154 valence electrons. The molecule has 3 N–H and O–H groups in total. The smallest absolute Gasteiger partial charge is 0.408 e. The molecule has 7 nitrogen and oxygen atoms in total. The Morgan fingerprint density at radius 1 is 0.966 bits per heavy atom. The van der Waals surface area contributed by atoms with Crippen molar-refractivity contribution in [3.8, 4) is 0 Å². The van der Waals surface area contributed by atoms with Crippen LogP contribution in [-0.2, 0) is 16.1 Å². The quantitative estimate of drug-likeness (QED) is 0.667. The molecule has 0 saturated carbocycles. The minimum Gasteiger partial charge on any atom is -0.444 e. The van der Waals surface area contributed by atoms with Gasteiger partial charge in [-0.3, -0.25) is 9.59 Å². The third kappa shape index (κ3) is 7.46. The molecule has 0 saturated heterocycles. The SMILES string of the molecule is CC(C)(C)OC(=O)NCC(=O)NCc1ccccc1NC(=O)c1ccccc1Cl. The highest BCUT2D eigenvalue weighted by atomic mass is 35.5. The van der Waals surface area contributed by atoms with E-state index in [9.17, 15) is 14.4 Å². The Labute approximate surface area is 174 Å². The van der Waals surface area contributed by atoms with Crippen LogP contribution in [0.4, 0.5) is 10.5 Å². The Bertz CT molecular complexity index is 893. The lowest BCUT2D eigenvalue weighted by Gasteiger charge is -2.19. The average molecular weight is 418 g/mol. The third-order valence-corrected chi connectivity index (χ3v) is 3.98. The molecule has 0 unspecified atom stereocenters. The number of benzene rings is 2. The molecule has 3 amide bonds. The highest BCUT2D eigenvalue weighted by Crippen LogP contribution is 2.19. The zero-order valence-electron chi connectivity index (χ0n) is 16.5. The number of ether oxygens (including phenoxy) is 1. The van der Waals surface area contributed by atoms with Crippen LogP contribution in [0.2, 0.25) is 5.02 Å². The molecule has 0 spiro atoms. The van der Waals surface area contributed by atoms with Gasteiger partial charge in [0.1, 0.15) is 12.1 Å². The first-order valence-electron chi connectivity index (χ1n) is 9.03. The lowest BCUT2D eigenvalue weighted by atomic mass is 10.1. The molecule has 0 atom stereocenters. The molecule has 0 aliphatic carbocycles. The fourth-order valence-corrected chi connectivity index (χ4v) is 2.58. The average Bonchev–Trinajstić information content (AvgIpc) is 2.64. The van der Waals surface area contributed by atoms with Crippen molar-refractivity contribution in [2.45, 2.75) is 32.9 Å². The molecule has 2 aromatic rings. The van der Waals surface area contributed by atoms with Crippen LogP contribution in [0.5, 0.6) is 0 Å². The van der Waals surface area contributed by atoms with Crippen molar-refractivity contribution in [3.05, 3.63) is 64.7 Å². The molecule has 0 heterocycles. The second kappa shape index (κ2) is 9.93. The van der Waals surface area contributed by atoms with Crippen molar-refractivity contribution in [3.63, 3.8) is 0 Å². The number of hydrogen-bond acceptors (Lipinski definition) is 4. The van der Waals surface area contributed by atoms with E-state index in [-0.39, 0.29) is 24.9 Å². The Hall–Kier alpha value is -3.06. The van der Waals surface area contributed by atoms with Crippen molar-refractivity contribution in [2.24, 2.45) is 0 Å². The van der Waals surface area contributed by atoms with Crippen LogP contribution in [0.15, 0.2) is 48.5 Å². The van der Waals surface area contributed by atoms with Crippen LogP contribution in [-0.4, -0.2) is 30.1 Å². The number of anilines is 1. The van der Waals surface area contributed by atoms with E-state index < -0.39 is 11.7 Å². The second-order valence-corrected chi connectivity index (χ2v) is 7.63. The summed E-state index contributed by atoms with van der Waals surface area (Å²) in [6.07, 6.45) is -0.667. The van der Waals surface area contributed by atoms with Crippen molar-refractivity contribution < 1.29 is 19.1 Å².